The minimum absolute atomic E-state index is 0.0322. The maximum atomic E-state index is 15.0. The average Bonchev–Trinajstić information content (AvgIpc) is 3.69. The van der Waals surface area contributed by atoms with Gasteiger partial charge in [0.1, 0.15) is 12.2 Å². The fraction of sp³-hybridized carbons (Fsp3) is 0.333. The predicted octanol–water partition coefficient (Wildman–Crippen LogP) is 2.72. The summed E-state index contributed by atoms with van der Waals surface area (Å²) in [6.45, 7) is 3.56. The number of hydrazine groups is 2. The van der Waals surface area contributed by atoms with Gasteiger partial charge in [-0.05, 0) is 35.2 Å². The number of nitrogens with zero attached hydrogens (tertiary/aromatic N) is 3. The molecule has 12 heteroatoms. The first-order valence-electron chi connectivity index (χ1n) is 12.8. The first-order valence-corrected chi connectivity index (χ1v) is 12.8. The molecule has 2 aliphatic rings. The molecule has 1 aromatic carbocycles. The first-order chi connectivity index (χ1) is 18.8. The van der Waals surface area contributed by atoms with Crippen molar-refractivity contribution in [3.05, 3.63) is 83.3 Å². The Morgan fingerprint density at radius 2 is 2.05 bits per heavy atom. The summed E-state index contributed by atoms with van der Waals surface area (Å²) >= 11 is 0. The largest absolute Gasteiger partial charge is 0.342 e. The smallest absolute Gasteiger partial charge is 0.243 e. The third-order valence-electron chi connectivity index (χ3n) is 6.89. The van der Waals surface area contributed by atoms with Gasteiger partial charge in [0.15, 0.2) is 0 Å². The maximum absolute atomic E-state index is 15.0. The van der Waals surface area contributed by atoms with Crippen LogP contribution in [0.25, 0.3) is 11.3 Å². The second-order valence-corrected chi connectivity index (χ2v) is 9.94. The van der Waals surface area contributed by atoms with Crippen molar-refractivity contribution in [3.63, 3.8) is 0 Å². The summed E-state index contributed by atoms with van der Waals surface area (Å²) in [5.41, 5.74) is 11.7. The summed E-state index contributed by atoms with van der Waals surface area (Å²) in [5.74, 6) is -1.62. The number of H-pyrrole nitrogens is 1. The minimum atomic E-state index is -1.34. The molecule has 10 nitrogen and oxygen atoms in total. The van der Waals surface area contributed by atoms with Crippen LogP contribution in [0.15, 0.2) is 60.6 Å². The zero-order valence-corrected chi connectivity index (χ0v) is 21.5. The molecule has 0 spiro atoms. The molecule has 204 valence electrons. The Morgan fingerprint density at radius 1 is 1.21 bits per heavy atom. The van der Waals surface area contributed by atoms with E-state index in [0.717, 1.165) is 11.3 Å². The van der Waals surface area contributed by atoms with Crippen molar-refractivity contribution < 1.29 is 18.4 Å². The lowest BCUT2D eigenvalue weighted by atomic mass is 9.97. The number of hydrogen-bond acceptors (Lipinski definition) is 7. The van der Waals surface area contributed by atoms with E-state index in [2.05, 4.69) is 36.9 Å². The Balaban J connectivity index is 1.45. The predicted molar refractivity (Wildman–Crippen MR) is 139 cm³/mol. The Morgan fingerprint density at radius 3 is 2.74 bits per heavy atom. The summed E-state index contributed by atoms with van der Waals surface area (Å²) in [4.78, 5) is 32.0. The van der Waals surface area contributed by atoms with Crippen LogP contribution in [0.5, 0.6) is 0 Å². The van der Waals surface area contributed by atoms with Crippen LogP contribution in [0.4, 0.5) is 8.78 Å². The number of rotatable bonds is 8. The Labute approximate surface area is 224 Å². The maximum Gasteiger partial charge on any atom is 0.243 e. The number of aromatic amines is 1. The molecule has 0 unspecified atom stereocenters. The average molecular weight is 537 g/mol. The number of carbonyl (C=O) groups excluding carboxylic acids is 2. The van der Waals surface area contributed by atoms with Crippen LogP contribution in [0.2, 0.25) is 0 Å². The van der Waals surface area contributed by atoms with E-state index in [9.17, 15) is 18.4 Å². The molecule has 4 heterocycles. The summed E-state index contributed by atoms with van der Waals surface area (Å²) < 4.78 is 29.5. The van der Waals surface area contributed by atoms with Gasteiger partial charge < -0.3 is 21.1 Å². The van der Waals surface area contributed by atoms with Crippen molar-refractivity contribution in [1.82, 2.24) is 41.8 Å². The molecule has 1 saturated heterocycles. The number of benzene rings is 1. The van der Waals surface area contributed by atoms with Crippen LogP contribution >= 0.6 is 0 Å². The Kier molecular flexibility index (Phi) is 7.55. The van der Waals surface area contributed by atoms with Gasteiger partial charge in [0.25, 0.3) is 0 Å². The zero-order chi connectivity index (χ0) is 27.5. The third-order valence-corrected chi connectivity index (χ3v) is 6.89. The zero-order valence-electron chi connectivity index (χ0n) is 21.5. The Hall–Kier alpha value is -4.32. The van der Waals surface area contributed by atoms with E-state index in [-0.39, 0.29) is 36.9 Å². The Bertz CT molecular complexity index is 1380. The highest BCUT2D eigenvalue weighted by atomic mass is 19.1. The van der Waals surface area contributed by atoms with E-state index in [1.807, 2.05) is 38.1 Å². The number of likely N-dealkylation sites (tertiary alicyclic amines) is 1. The second kappa shape index (κ2) is 11.2. The quantitative estimate of drug-likeness (QED) is 0.280. The van der Waals surface area contributed by atoms with Crippen molar-refractivity contribution >= 4 is 11.8 Å². The van der Waals surface area contributed by atoms with Gasteiger partial charge in [-0.25, -0.2) is 9.37 Å². The minimum Gasteiger partial charge on any atom is -0.342 e. The highest BCUT2D eigenvalue weighted by molar-refractivity contribution is 5.89. The van der Waals surface area contributed by atoms with Gasteiger partial charge in [-0.2, -0.15) is 15.0 Å². The van der Waals surface area contributed by atoms with Crippen LogP contribution in [-0.4, -0.2) is 50.7 Å². The highest BCUT2D eigenvalue weighted by Gasteiger charge is 2.41. The number of nitrogens with one attached hydrogen (secondary N) is 5. The van der Waals surface area contributed by atoms with Crippen molar-refractivity contribution in [1.29, 1.82) is 0 Å². The van der Waals surface area contributed by atoms with E-state index >= 15 is 0 Å². The van der Waals surface area contributed by atoms with Crippen LogP contribution in [0.3, 0.4) is 0 Å². The van der Waals surface area contributed by atoms with Gasteiger partial charge in [-0.1, -0.05) is 38.1 Å². The number of halogens is 2. The number of aromatic nitrogens is 3. The van der Waals surface area contributed by atoms with Crippen LogP contribution in [-0.2, 0) is 9.59 Å². The number of carbonyl (C=O) groups is 2. The van der Waals surface area contributed by atoms with Crippen molar-refractivity contribution in [2.75, 3.05) is 6.54 Å². The molecule has 2 aliphatic heterocycles. The first kappa shape index (κ1) is 26.3. The van der Waals surface area contributed by atoms with E-state index in [1.165, 1.54) is 4.90 Å². The number of pyridine rings is 1. The molecule has 39 heavy (non-hydrogen) atoms. The molecule has 0 aliphatic carbocycles. The van der Waals surface area contributed by atoms with E-state index in [1.54, 1.807) is 30.6 Å². The SMILES string of the molecule is CC(C)c1ccc([C@H](NC(=O)[C@@H]2C[C@@H](F)CN2C(=O)CC2=CNNN2)c2cccc(-c3ccn[nH]3)c2)nc1F. The monoisotopic (exact) mass is 536 g/mol. The van der Waals surface area contributed by atoms with Gasteiger partial charge in [0.05, 0.1) is 36.1 Å². The standard InChI is InChI=1S/C27H30F2N8O2/c1-15(2)20-6-7-22(32-26(20)29)25(17-5-3-4-16(10-17)21-8-9-30-35-21)33-27(39)23-11-18(28)14-37(23)24(38)12-19-13-31-36-34-19/h3-10,13,15,18,23,25,31,34,36H,11-12,14H2,1-2H3,(H,30,35)(H,33,39)/t18-,23+,25-/m1/s1. The van der Waals surface area contributed by atoms with Crippen molar-refractivity contribution in [3.8, 4) is 11.3 Å². The van der Waals surface area contributed by atoms with Gasteiger partial charge in [-0.15, -0.1) is 0 Å². The summed E-state index contributed by atoms with van der Waals surface area (Å²) in [5, 5.41) is 9.83. The van der Waals surface area contributed by atoms with E-state index < -0.39 is 30.1 Å². The molecule has 3 atom stereocenters. The van der Waals surface area contributed by atoms with Gasteiger partial charge in [-0.3, -0.25) is 14.7 Å². The molecule has 2 aromatic heterocycles. The molecule has 0 saturated carbocycles. The molecule has 0 bridgehead atoms. The molecule has 3 aromatic rings. The molecule has 5 rings (SSSR count). The number of amides is 2. The molecule has 0 radical (unpaired) electrons. The normalized spacial score (nSPS) is 19.4. The van der Waals surface area contributed by atoms with Gasteiger partial charge >= 0.3 is 0 Å². The molecular weight excluding hydrogens is 506 g/mol. The van der Waals surface area contributed by atoms with Crippen LogP contribution < -0.4 is 21.7 Å². The lowest BCUT2D eigenvalue weighted by Gasteiger charge is -2.27. The summed E-state index contributed by atoms with van der Waals surface area (Å²) in [6.07, 6.45) is 1.71. The molecular formula is C27H30F2N8O2. The topological polar surface area (TPSA) is 127 Å². The fourth-order valence-corrected chi connectivity index (χ4v) is 4.86. The fourth-order valence-electron chi connectivity index (χ4n) is 4.86. The summed E-state index contributed by atoms with van der Waals surface area (Å²) in [7, 11) is 0. The lowest BCUT2D eigenvalue weighted by molar-refractivity contribution is -0.138. The van der Waals surface area contributed by atoms with Crippen LogP contribution in [0, 0.1) is 5.95 Å². The molecule has 1 fully saturated rings. The lowest BCUT2D eigenvalue weighted by Crippen LogP contribution is -2.47. The second-order valence-electron chi connectivity index (χ2n) is 9.94. The molecule has 5 N–H and O–H groups in total. The van der Waals surface area contributed by atoms with Crippen molar-refractivity contribution in [2.45, 2.75) is 50.9 Å². The van der Waals surface area contributed by atoms with Crippen LogP contribution in [0.1, 0.15) is 55.5 Å². The van der Waals surface area contributed by atoms with Gasteiger partial charge in [0, 0.05) is 24.4 Å². The highest BCUT2D eigenvalue weighted by Crippen LogP contribution is 2.29. The number of hydrogen-bond donors (Lipinski definition) is 5. The van der Waals surface area contributed by atoms with E-state index in [4.69, 9.17) is 0 Å². The number of alkyl halides is 1. The third kappa shape index (κ3) is 5.75. The van der Waals surface area contributed by atoms with Gasteiger partial charge in [0.2, 0.25) is 17.8 Å². The summed E-state index contributed by atoms with van der Waals surface area (Å²) in [6, 6.07) is 10.6. The van der Waals surface area contributed by atoms with Crippen molar-refractivity contribution in [2.24, 2.45) is 0 Å². The molecule has 2 amide bonds. The van der Waals surface area contributed by atoms with E-state index in [0.29, 0.717) is 16.8 Å².